The molecular weight excluding hydrogens is 244 g/mol. The van der Waals surface area contributed by atoms with Crippen molar-refractivity contribution in [1.82, 2.24) is 14.9 Å². The van der Waals surface area contributed by atoms with Gasteiger partial charge in [-0.1, -0.05) is 0 Å². The molecule has 1 heterocycles. The summed E-state index contributed by atoms with van der Waals surface area (Å²) in [5, 5.41) is 0. The van der Waals surface area contributed by atoms with Crippen molar-refractivity contribution in [2.24, 2.45) is 5.84 Å². The zero-order chi connectivity index (χ0) is 14.4. The third-order valence-electron chi connectivity index (χ3n) is 2.92. The first kappa shape index (κ1) is 15.2. The van der Waals surface area contributed by atoms with Crippen molar-refractivity contribution < 1.29 is 4.79 Å². The summed E-state index contributed by atoms with van der Waals surface area (Å²) in [7, 11) is 1.83. The van der Waals surface area contributed by atoms with Crippen LogP contribution in [0.15, 0.2) is 6.20 Å². The van der Waals surface area contributed by atoms with Crippen LogP contribution in [0.25, 0.3) is 0 Å². The third-order valence-corrected chi connectivity index (χ3v) is 2.92. The molecule has 0 radical (unpaired) electrons. The number of nitrogens with zero attached hydrogens (tertiary/aromatic N) is 4. The second kappa shape index (κ2) is 6.89. The second-order valence-electron chi connectivity index (χ2n) is 4.27. The minimum absolute atomic E-state index is 0.0766. The fourth-order valence-corrected chi connectivity index (χ4v) is 1.84. The van der Waals surface area contributed by atoms with Crippen molar-refractivity contribution in [1.29, 1.82) is 0 Å². The van der Waals surface area contributed by atoms with Crippen LogP contribution in [0.4, 0.5) is 11.8 Å². The minimum Gasteiger partial charge on any atom is -0.350 e. The number of amides is 1. The third kappa shape index (κ3) is 3.78. The first-order valence-electron chi connectivity index (χ1n) is 6.32. The van der Waals surface area contributed by atoms with Gasteiger partial charge in [-0.05, 0) is 20.8 Å². The molecule has 0 aliphatic heterocycles. The topological polar surface area (TPSA) is 87.4 Å². The van der Waals surface area contributed by atoms with E-state index in [4.69, 9.17) is 5.84 Å². The largest absolute Gasteiger partial charge is 0.350 e. The first-order chi connectivity index (χ1) is 9.03. The second-order valence-corrected chi connectivity index (χ2v) is 4.27. The van der Waals surface area contributed by atoms with Gasteiger partial charge in [0.25, 0.3) is 0 Å². The summed E-state index contributed by atoms with van der Waals surface area (Å²) >= 11 is 0. The van der Waals surface area contributed by atoms with Crippen molar-refractivity contribution in [3.05, 3.63) is 11.8 Å². The lowest BCUT2D eigenvalue weighted by Gasteiger charge is -2.24. The van der Waals surface area contributed by atoms with Crippen molar-refractivity contribution in [2.75, 3.05) is 37.0 Å². The molecule has 7 heteroatoms. The Morgan fingerprint density at radius 1 is 1.42 bits per heavy atom. The van der Waals surface area contributed by atoms with Gasteiger partial charge in [-0.15, -0.1) is 0 Å². The van der Waals surface area contributed by atoms with E-state index in [0.29, 0.717) is 24.9 Å². The molecule has 1 aromatic heterocycles. The van der Waals surface area contributed by atoms with Crippen LogP contribution in [0.2, 0.25) is 0 Å². The van der Waals surface area contributed by atoms with Gasteiger partial charge in [0.15, 0.2) is 0 Å². The molecule has 0 unspecified atom stereocenters. The van der Waals surface area contributed by atoms with Crippen LogP contribution in [0.3, 0.4) is 0 Å². The molecule has 0 aromatic carbocycles. The number of hydrogen-bond acceptors (Lipinski definition) is 6. The molecule has 19 heavy (non-hydrogen) atoms. The van der Waals surface area contributed by atoms with E-state index in [2.05, 4.69) is 15.4 Å². The molecule has 1 aromatic rings. The summed E-state index contributed by atoms with van der Waals surface area (Å²) in [6, 6.07) is 0. The summed E-state index contributed by atoms with van der Waals surface area (Å²) < 4.78 is 0. The highest BCUT2D eigenvalue weighted by atomic mass is 16.2. The molecule has 3 N–H and O–H groups in total. The fraction of sp³-hybridized carbons (Fsp3) is 0.583. The van der Waals surface area contributed by atoms with Crippen molar-refractivity contribution >= 4 is 17.7 Å². The highest BCUT2D eigenvalue weighted by Gasteiger charge is 2.15. The van der Waals surface area contributed by atoms with E-state index in [-0.39, 0.29) is 12.5 Å². The molecule has 1 amide bonds. The maximum atomic E-state index is 12.1. The van der Waals surface area contributed by atoms with E-state index < -0.39 is 0 Å². The summed E-state index contributed by atoms with van der Waals surface area (Å²) in [4.78, 5) is 23.9. The number of nitrogens with two attached hydrogens (primary N) is 1. The molecule has 0 spiro atoms. The lowest BCUT2D eigenvalue weighted by molar-refractivity contribution is -0.129. The number of likely N-dealkylation sites (N-methyl/N-ethyl adjacent to an activating group) is 2. The zero-order valence-electron chi connectivity index (χ0n) is 12.0. The Hall–Kier alpha value is -1.89. The summed E-state index contributed by atoms with van der Waals surface area (Å²) in [6.45, 7) is 7.53. The fourth-order valence-electron chi connectivity index (χ4n) is 1.84. The standard InChI is InChI=1S/C12H22N6O/c1-5-18(6-2)10(19)8-17(4)11-9(3)7-14-12(15-11)16-13/h7H,5-6,8,13H2,1-4H3,(H,14,15,16). The molecule has 7 nitrogen and oxygen atoms in total. The van der Waals surface area contributed by atoms with E-state index in [1.807, 2.05) is 27.8 Å². The van der Waals surface area contributed by atoms with E-state index >= 15 is 0 Å². The molecule has 0 bridgehead atoms. The molecule has 0 saturated heterocycles. The van der Waals surface area contributed by atoms with Crippen molar-refractivity contribution in [2.45, 2.75) is 20.8 Å². The minimum atomic E-state index is 0.0766. The van der Waals surface area contributed by atoms with Gasteiger partial charge in [-0.2, -0.15) is 4.98 Å². The van der Waals surface area contributed by atoms with Crippen LogP contribution >= 0.6 is 0 Å². The predicted molar refractivity (Wildman–Crippen MR) is 75.8 cm³/mol. The number of hydrogen-bond donors (Lipinski definition) is 2. The Morgan fingerprint density at radius 2 is 2.05 bits per heavy atom. The lowest BCUT2D eigenvalue weighted by Crippen LogP contribution is -2.39. The predicted octanol–water partition coefficient (Wildman–Crippen LogP) is 0.375. The number of rotatable bonds is 6. The highest BCUT2D eigenvalue weighted by Crippen LogP contribution is 2.16. The SMILES string of the molecule is CCN(CC)C(=O)CN(C)c1nc(NN)ncc1C. The maximum Gasteiger partial charge on any atom is 0.242 e. The summed E-state index contributed by atoms with van der Waals surface area (Å²) in [5.74, 6) is 6.40. The quantitative estimate of drug-likeness (QED) is 0.571. The van der Waals surface area contributed by atoms with Gasteiger partial charge in [0, 0.05) is 31.9 Å². The molecule has 0 aliphatic rings. The van der Waals surface area contributed by atoms with Gasteiger partial charge in [0.1, 0.15) is 5.82 Å². The van der Waals surface area contributed by atoms with Crippen molar-refractivity contribution in [3.63, 3.8) is 0 Å². The summed E-state index contributed by atoms with van der Waals surface area (Å²) in [5.41, 5.74) is 3.30. The van der Waals surface area contributed by atoms with Crippen LogP contribution < -0.4 is 16.2 Å². The number of carbonyl (C=O) groups is 1. The van der Waals surface area contributed by atoms with E-state index in [9.17, 15) is 4.79 Å². The van der Waals surface area contributed by atoms with Gasteiger partial charge < -0.3 is 9.80 Å². The van der Waals surface area contributed by atoms with Crippen LogP contribution in [0, 0.1) is 6.92 Å². The Labute approximate surface area is 113 Å². The average molecular weight is 266 g/mol. The molecular formula is C12H22N6O. The van der Waals surface area contributed by atoms with Crippen LogP contribution in [0.5, 0.6) is 0 Å². The smallest absolute Gasteiger partial charge is 0.242 e. The van der Waals surface area contributed by atoms with E-state index in [1.165, 1.54) is 0 Å². The number of hydrazine groups is 1. The monoisotopic (exact) mass is 266 g/mol. The lowest BCUT2D eigenvalue weighted by atomic mass is 10.3. The Balaban J connectivity index is 2.83. The highest BCUT2D eigenvalue weighted by molar-refractivity contribution is 5.81. The number of aromatic nitrogens is 2. The van der Waals surface area contributed by atoms with E-state index in [0.717, 1.165) is 5.56 Å². The number of nitrogen functional groups attached to an aromatic ring is 1. The molecule has 0 fully saturated rings. The van der Waals surface area contributed by atoms with Crippen molar-refractivity contribution in [3.8, 4) is 0 Å². The van der Waals surface area contributed by atoms with E-state index in [1.54, 1.807) is 16.0 Å². The molecule has 0 aliphatic carbocycles. The maximum absolute atomic E-state index is 12.1. The molecule has 106 valence electrons. The normalized spacial score (nSPS) is 10.2. The molecule has 0 saturated carbocycles. The number of carbonyl (C=O) groups excluding carboxylic acids is 1. The Kier molecular flexibility index (Phi) is 5.50. The van der Waals surface area contributed by atoms with Gasteiger partial charge in [-0.25, -0.2) is 10.8 Å². The Morgan fingerprint density at radius 3 is 2.58 bits per heavy atom. The van der Waals surface area contributed by atoms with Gasteiger partial charge in [0.05, 0.1) is 6.54 Å². The van der Waals surface area contributed by atoms with Gasteiger partial charge in [0.2, 0.25) is 11.9 Å². The van der Waals surface area contributed by atoms with Crippen LogP contribution in [-0.2, 0) is 4.79 Å². The average Bonchev–Trinajstić information content (AvgIpc) is 2.40. The van der Waals surface area contributed by atoms with Crippen LogP contribution in [-0.4, -0.2) is 47.5 Å². The van der Waals surface area contributed by atoms with Gasteiger partial charge >= 0.3 is 0 Å². The number of anilines is 2. The first-order valence-corrected chi connectivity index (χ1v) is 6.32. The zero-order valence-corrected chi connectivity index (χ0v) is 12.0. The van der Waals surface area contributed by atoms with Crippen LogP contribution in [0.1, 0.15) is 19.4 Å². The Bertz CT molecular complexity index is 432. The number of nitrogens with one attached hydrogen (secondary N) is 1. The van der Waals surface area contributed by atoms with Gasteiger partial charge in [-0.3, -0.25) is 10.2 Å². The molecule has 0 atom stereocenters. The molecule has 1 rings (SSSR count). The summed E-state index contributed by atoms with van der Waals surface area (Å²) in [6.07, 6.45) is 1.68. The number of aryl methyl sites for hydroxylation is 1.